The van der Waals surface area contributed by atoms with E-state index in [9.17, 15) is 14.9 Å². The van der Waals surface area contributed by atoms with Crippen LogP contribution in [0.1, 0.15) is 36.5 Å². The summed E-state index contributed by atoms with van der Waals surface area (Å²) in [5.74, 6) is 0.419. The van der Waals surface area contributed by atoms with Gasteiger partial charge in [-0.15, -0.1) is 0 Å². The summed E-state index contributed by atoms with van der Waals surface area (Å²) in [6.07, 6.45) is 3.60. The summed E-state index contributed by atoms with van der Waals surface area (Å²) in [6.45, 7) is 3.30. The van der Waals surface area contributed by atoms with Crippen molar-refractivity contribution in [2.75, 3.05) is 5.32 Å². The summed E-state index contributed by atoms with van der Waals surface area (Å²) in [6, 6.07) is 10.6. The molecule has 6 nitrogen and oxygen atoms in total. The van der Waals surface area contributed by atoms with E-state index in [1.165, 1.54) is 23.6 Å². The van der Waals surface area contributed by atoms with E-state index in [0.29, 0.717) is 11.3 Å². The first-order chi connectivity index (χ1) is 12.5. The topological polar surface area (TPSA) is 81.5 Å². The first-order valence-corrected chi connectivity index (χ1v) is 8.79. The molecule has 1 unspecified atom stereocenters. The van der Waals surface area contributed by atoms with Crippen molar-refractivity contribution < 1.29 is 14.5 Å². The van der Waals surface area contributed by atoms with E-state index in [4.69, 9.17) is 4.74 Å². The Labute approximate surface area is 152 Å². The highest BCUT2D eigenvalue weighted by molar-refractivity contribution is 5.95. The maximum Gasteiger partial charge on any atom is 0.274 e. The summed E-state index contributed by atoms with van der Waals surface area (Å²) in [5.41, 5.74) is 3.30. The van der Waals surface area contributed by atoms with E-state index < -0.39 is 11.0 Å². The fourth-order valence-corrected chi connectivity index (χ4v) is 3.29. The maximum atomic E-state index is 12.5. The minimum absolute atomic E-state index is 0.0199. The number of fused-ring (bicyclic) bond motifs is 1. The normalized spacial score (nSPS) is 14.2. The van der Waals surface area contributed by atoms with Crippen LogP contribution < -0.4 is 10.1 Å². The fourth-order valence-electron chi connectivity index (χ4n) is 3.29. The SMILES string of the molecule is Cc1c(NC(=O)C(C)Oc2cccc3c2CCCC3)cccc1[N+](=O)[O-]. The highest BCUT2D eigenvalue weighted by Crippen LogP contribution is 2.30. The second-order valence-corrected chi connectivity index (χ2v) is 6.56. The largest absolute Gasteiger partial charge is 0.481 e. The van der Waals surface area contributed by atoms with Crippen LogP contribution in [0, 0.1) is 17.0 Å². The molecule has 1 aliphatic rings. The Morgan fingerprint density at radius 1 is 1.19 bits per heavy atom. The Kier molecular flexibility index (Phi) is 5.21. The zero-order valence-electron chi connectivity index (χ0n) is 15.0. The van der Waals surface area contributed by atoms with Crippen LogP contribution in [0.15, 0.2) is 36.4 Å². The standard InChI is InChI=1S/C20H22N2O4/c1-13-17(10-6-11-18(13)22(24)25)21-20(23)14(2)26-19-12-5-8-15-7-3-4-9-16(15)19/h5-6,8,10-12,14H,3-4,7,9H2,1-2H3,(H,21,23). The fraction of sp³-hybridized carbons (Fsp3) is 0.350. The number of nitro groups is 1. The number of anilines is 1. The molecule has 2 aromatic rings. The van der Waals surface area contributed by atoms with Crippen molar-refractivity contribution >= 4 is 17.3 Å². The molecule has 1 N–H and O–H groups in total. The smallest absolute Gasteiger partial charge is 0.274 e. The van der Waals surface area contributed by atoms with E-state index in [-0.39, 0.29) is 11.6 Å². The van der Waals surface area contributed by atoms with Gasteiger partial charge in [0.05, 0.1) is 16.2 Å². The van der Waals surface area contributed by atoms with Crippen molar-refractivity contribution in [2.45, 2.75) is 45.6 Å². The number of nitrogens with zero attached hydrogens (tertiary/aromatic N) is 1. The molecule has 0 radical (unpaired) electrons. The molecule has 0 heterocycles. The van der Waals surface area contributed by atoms with Gasteiger partial charge < -0.3 is 10.1 Å². The van der Waals surface area contributed by atoms with E-state index in [1.807, 2.05) is 12.1 Å². The van der Waals surface area contributed by atoms with E-state index in [1.54, 1.807) is 26.0 Å². The molecule has 1 atom stereocenters. The number of hydrogen-bond donors (Lipinski definition) is 1. The molecule has 0 aliphatic heterocycles. The van der Waals surface area contributed by atoms with Crippen LogP contribution in [-0.2, 0) is 17.6 Å². The maximum absolute atomic E-state index is 12.5. The van der Waals surface area contributed by atoms with Crippen LogP contribution in [0.5, 0.6) is 5.75 Å². The molecule has 6 heteroatoms. The number of rotatable bonds is 5. The van der Waals surface area contributed by atoms with Crippen LogP contribution in [0.4, 0.5) is 11.4 Å². The molecule has 0 bridgehead atoms. The minimum atomic E-state index is -0.706. The zero-order valence-corrected chi connectivity index (χ0v) is 15.0. The lowest BCUT2D eigenvalue weighted by Crippen LogP contribution is -2.31. The number of ether oxygens (including phenoxy) is 1. The number of nitro benzene ring substituents is 1. The predicted molar refractivity (Wildman–Crippen MR) is 99.6 cm³/mol. The molecule has 0 aromatic heterocycles. The molecule has 0 saturated heterocycles. The van der Waals surface area contributed by atoms with Crippen LogP contribution in [0.3, 0.4) is 0 Å². The number of benzene rings is 2. The Bertz CT molecular complexity index is 848. The number of carbonyl (C=O) groups excluding carboxylic acids is 1. The molecule has 2 aromatic carbocycles. The van der Waals surface area contributed by atoms with E-state index in [0.717, 1.165) is 25.0 Å². The summed E-state index contributed by atoms with van der Waals surface area (Å²) >= 11 is 0. The van der Waals surface area contributed by atoms with Crippen molar-refractivity contribution in [1.82, 2.24) is 0 Å². The summed E-state index contributed by atoms with van der Waals surface area (Å²) < 4.78 is 5.92. The van der Waals surface area contributed by atoms with Crippen LogP contribution in [-0.4, -0.2) is 16.9 Å². The molecule has 0 spiro atoms. The molecular weight excluding hydrogens is 332 g/mol. The molecule has 0 fully saturated rings. The first-order valence-electron chi connectivity index (χ1n) is 8.79. The van der Waals surface area contributed by atoms with Gasteiger partial charge >= 0.3 is 0 Å². The van der Waals surface area contributed by atoms with Gasteiger partial charge in [0, 0.05) is 6.07 Å². The Morgan fingerprint density at radius 3 is 2.69 bits per heavy atom. The van der Waals surface area contributed by atoms with Crippen molar-refractivity contribution in [3.8, 4) is 5.75 Å². The molecule has 1 amide bonds. The zero-order chi connectivity index (χ0) is 18.7. The van der Waals surface area contributed by atoms with Gasteiger partial charge in [-0.1, -0.05) is 18.2 Å². The summed E-state index contributed by atoms with van der Waals surface area (Å²) in [4.78, 5) is 23.1. The molecule has 0 saturated carbocycles. The molecular formula is C20H22N2O4. The van der Waals surface area contributed by atoms with Gasteiger partial charge in [-0.05, 0) is 62.8 Å². The number of aryl methyl sites for hydroxylation is 1. The van der Waals surface area contributed by atoms with Gasteiger partial charge in [-0.3, -0.25) is 14.9 Å². The van der Waals surface area contributed by atoms with Crippen molar-refractivity contribution in [3.05, 3.63) is 63.2 Å². The number of amides is 1. The summed E-state index contributed by atoms with van der Waals surface area (Å²) in [7, 11) is 0. The van der Waals surface area contributed by atoms with Gasteiger partial charge in [0.1, 0.15) is 5.75 Å². The second-order valence-electron chi connectivity index (χ2n) is 6.56. The van der Waals surface area contributed by atoms with Gasteiger partial charge in [0.2, 0.25) is 0 Å². The summed E-state index contributed by atoms with van der Waals surface area (Å²) in [5, 5.41) is 13.8. The highest BCUT2D eigenvalue weighted by atomic mass is 16.6. The lowest BCUT2D eigenvalue weighted by molar-refractivity contribution is -0.385. The molecule has 1 aliphatic carbocycles. The lowest BCUT2D eigenvalue weighted by atomic mass is 9.91. The monoisotopic (exact) mass is 354 g/mol. The Balaban J connectivity index is 1.74. The molecule has 26 heavy (non-hydrogen) atoms. The Hall–Kier alpha value is -2.89. The average molecular weight is 354 g/mol. The van der Waals surface area contributed by atoms with Gasteiger partial charge in [0.25, 0.3) is 11.6 Å². The van der Waals surface area contributed by atoms with Gasteiger partial charge in [-0.25, -0.2) is 0 Å². The minimum Gasteiger partial charge on any atom is -0.481 e. The lowest BCUT2D eigenvalue weighted by Gasteiger charge is -2.22. The van der Waals surface area contributed by atoms with Crippen molar-refractivity contribution in [1.29, 1.82) is 0 Å². The van der Waals surface area contributed by atoms with E-state index >= 15 is 0 Å². The third-order valence-electron chi connectivity index (χ3n) is 4.79. The Morgan fingerprint density at radius 2 is 1.92 bits per heavy atom. The molecule has 3 rings (SSSR count). The van der Waals surface area contributed by atoms with Crippen LogP contribution in [0.2, 0.25) is 0 Å². The van der Waals surface area contributed by atoms with E-state index in [2.05, 4.69) is 11.4 Å². The third-order valence-corrected chi connectivity index (χ3v) is 4.79. The molecule has 136 valence electrons. The van der Waals surface area contributed by atoms with Crippen molar-refractivity contribution in [2.24, 2.45) is 0 Å². The van der Waals surface area contributed by atoms with Crippen LogP contribution >= 0.6 is 0 Å². The van der Waals surface area contributed by atoms with Gasteiger partial charge in [-0.2, -0.15) is 0 Å². The predicted octanol–water partition coefficient (Wildman–Crippen LogP) is 4.19. The quantitative estimate of drug-likeness (QED) is 0.645. The highest BCUT2D eigenvalue weighted by Gasteiger charge is 2.21. The number of carbonyl (C=O) groups is 1. The third kappa shape index (κ3) is 3.69. The van der Waals surface area contributed by atoms with Gasteiger partial charge in [0.15, 0.2) is 6.10 Å². The van der Waals surface area contributed by atoms with Crippen molar-refractivity contribution in [3.63, 3.8) is 0 Å². The second kappa shape index (κ2) is 7.56. The van der Waals surface area contributed by atoms with Crippen LogP contribution in [0.25, 0.3) is 0 Å². The first kappa shape index (κ1) is 17.9. The number of nitrogens with one attached hydrogen (secondary N) is 1. The average Bonchev–Trinajstić information content (AvgIpc) is 2.63. The number of hydrogen-bond acceptors (Lipinski definition) is 4.